The van der Waals surface area contributed by atoms with Crippen LogP contribution < -0.4 is 10.2 Å². The zero-order chi connectivity index (χ0) is 20.5. The van der Waals surface area contributed by atoms with E-state index in [1.165, 1.54) is 22.4 Å². The number of hydrogen-bond donors (Lipinski definition) is 2. The fourth-order valence-electron chi connectivity index (χ4n) is 4.22. The van der Waals surface area contributed by atoms with Crippen LogP contribution >= 0.6 is 0 Å². The molecule has 1 saturated carbocycles. The lowest BCUT2D eigenvalue weighted by Crippen LogP contribution is -2.35. The minimum Gasteiger partial charge on any atom is -0.356 e. The predicted molar refractivity (Wildman–Crippen MR) is 118 cm³/mol. The maximum absolute atomic E-state index is 12.4. The van der Waals surface area contributed by atoms with E-state index in [1.807, 2.05) is 12.3 Å². The van der Waals surface area contributed by atoms with Crippen LogP contribution in [0.25, 0.3) is 11.1 Å². The molecule has 2 N–H and O–H groups in total. The minimum atomic E-state index is 0.00457. The fourth-order valence-corrected chi connectivity index (χ4v) is 4.22. The van der Waals surface area contributed by atoms with Crippen molar-refractivity contribution in [1.82, 2.24) is 20.5 Å². The van der Waals surface area contributed by atoms with Crippen molar-refractivity contribution in [3.05, 3.63) is 65.6 Å². The first-order chi connectivity index (χ1) is 14.7. The van der Waals surface area contributed by atoms with Crippen molar-refractivity contribution in [2.24, 2.45) is 0 Å². The number of pyridine rings is 1. The van der Waals surface area contributed by atoms with E-state index < -0.39 is 0 Å². The summed E-state index contributed by atoms with van der Waals surface area (Å²) in [5, 5.41) is 10.7. The van der Waals surface area contributed by atoms with Crippen molar-refractivity contribution >= 4 is 11.7 Å². The Hall–Kier alpha value is -3.15. The van der Waals surface area contributed by atoms with Gasteiger partial charge in [-0.25, -0.2) is 4.98 Å². The van der Waals surface area contributed by atoms with Gasteiger partial charge >= 0.3 is 0 Å². The number of hydrogen-bond acceptors (Lipinski definition) is 4. The molecule has 1 saturated heterocycles. The molecule has 30 heavy (non-hydrogen) atoms. The first-order valence-corrected chi connectivity index (χ1v) is 10.8. The van der Waals surface area contributed by atoms with E-state index in [0.717, 1.165) is 44.6 Å². The molecule has 154 valence electrons. The second kappa shape index (κ2) is 7.94. The lowest BCUT2D eigenvalue weighted by Gasteiger charge is -2.33. The van der Waals surface area contributed by atoms with Crippen LogP contribution in [-0.4, -0.2) is 40.2 Å². The highest BCUT2D eigenvalue weighted by Gasteiger charge is 2.27. The average molecular weight is 402 g/mol. The largest absolute Gasteiger partial charge is 0.356 e. The molecule has 6 heteroatoms. The maximum atomic E-state index is 12.4. The number of amides is 1. The zero-order valence-corrected chi connectivity index (χ0v) is 17.3. The first-order valence-electron chi connectivity index (χ1n) is 10.8. The van der Waals surface area contributed by atoms with Crippen LogP contribution in [0.2, 0.25) is 0 Å². The normalized spacial score (nSPS) is 19.0. The molecule has 1 aromatic carbocycles. The number of aromatic amines is 1. The molecule has 6 nitrogen and oxygen atoms in total. The van der Waals surface area contributed by atoms with Gasteiger partial charge in [-0.3, -0.25) is 9.89 Å². The Bertz CT molecular complexity index is 1040. The Labute approximate surface area is 176 Å². The topological polar surface area (TPSA) is 73.9 Å². The number of anilines is 1. The average Bonchev–Trinajstić information content (AvgIpc) is 3.46. The third kappa shape index (κ3) is 3.95. The van der Waals surface area contributed by atoms with Gasteiger partial charge < -0.3 is 10.2 Å². The molecule has 2 aliphatic rings. The van der Waals surface area contributed by atoms with Gasteiger partial charge in [-0.1, -0.05) is 29.8 Å². The van der Waals surface area contributed by atoms with E-state index in [9.17, 15) is 4.79 Å². The quantitative estimate of drug-likeness (QED) is 0.676. The lowest BCUT2D eigenvalue weighted by atomic mass is 9.90. The summed E-state index contributed by atoms with van der Waals surface area (Å²) in [6, 6.07) is 12.7. The second-order valence-electron chi connectivity index (χ2n) is 8.50. The standard InChI is InChI=1S/C24H27N5O/c1-16-4-6-17(7-5-16)21-14-26-28-23(21)19-3-2-12-29(15-19)22-13-18(10-11-25-22)24(30)27-20-8-9-20/h4-7,10-11,13-14,19-20H,2-3,8-9,12,15H2,1H3,(H,26,28)(H,27,30)/t19-/m1/s1. The first kappa shape index (κ1) is 18.9. The summed E-state index contributed by atoms with van der Waals surface area (Å²) in [5.74, 6) is 1.23. The summed E-state index contributed by atoms with van der Waals surface area (Å²) >= 11 is 0. The number of nitrogens with one attached hydrogen (secondary N) is 2. The monoisotopic (exact) mass is 401 g/mol. The van der Waals surface area contributed by atoms with Gasteiger partial charge in [0.1, 0.15) is 5.82 Å². The lowest BCUT2D eigenvalue weighted by molar-refractivity contribution is 0.0951. The van der Waals surface area contributed by atoms with Gasteiger partial charge in [-0.2, -0.15) is 5.10 Å². The van der Waals surface area contributed by atoms with Gasteiger partial charge in [-0.15, -0.1) is 0 Å². The highest BCUT2D eigenvalue weighted by atomic mass is 16.1. The molecule has 2 fully saturated rings. The van der Waals surface area contributed by atoms with E-state index in [1.54, 1.807) is 12.3 Å². The van der Waals surface area contributed by atoms with Crippen molar-refractivity contribution in [3.63, 3.8) is 0 Å². The van der Waals surface area contributed by atoms with Crippen LogP contribution in [0.3, 0.4) is 0 Å². The molecule has 3 heterocycles. The molecule has 1 amide bonds. The van der Waals surface area contributed by atoms with Crippen molar-refractivity contribution in [2.75, 3.05) is 18.0 Å². The number of rotatable bonds is 5. The van der Waals surface area contributed by atoms with Crippen LogP contribution in [0, 0.1) is 6.92 Å². The molecule has 1 atom stereocenters. The van der Waals surface area contributed by atoms with Crippen LogP contribution in [0.5, 0.6) is 0 Å². The molecule has 3 aromatic rings. The zero-order valence-electron chi connectivity index (χ0n) is 17.3. The SMILES string of the molecule is Cc1ccc(-c2cn[nH]c2[C@@H]2CCCN(c3cc(C(=O)NC4CC4)ccn3)C2)cc1. The Balaban J connectivity index is 1.35. The van der Waals surface area contributed by atoms with Crippen molar-refractivity contribution < 1.29 is 4.79 Å². The summed E-state index contributed by atoms with van der Waals surface area (Å²) in [6.07, 6.45) is 8.04. The van der Waals surface area contributed by atoms with E-state index in [4.69, 9.17) is 0 Å². The molecule has 0 bridgehead atoms. The van der Waals surface area contributed by atoms with E-state index >= 15 is 0 Å². The molecule has 1 aliphatic heterocycles. The number of H-pyrrole nitrogens is 1. The highest BCUT2D eigenvalue weighted by Crippen LogP contribution is 2.34. The van der Waals surface area contributed by atoms with Gasteiger partial charge in [0.2, 0.25) is 0 Å². The Kier molecular flexibility index (Phi) is 4.99. The predicted octanol–water partition coefficient (Wildman–Crippen LogP) is 4.06. The summed E-state index contributed by atoms with van der Waals surface area (Å²) < 4.78 is 0. The number of carbonyl (C=O) groups is 1. The second-order valence-corrected chi connectivity index (χ2v) is 8.50. The van der Waals surface area contributed by atoms with Gasteiger partial charge in [0.25, 0.3) is 5.91 Å². The number of aromatic nitrogens is 3. The minimum absolute atomic E-state index is 0.00457. The third-order valence-electron chi connectivity index (χ3n) is 6.11. The summed E-state index contributed by atoms with van der Waals surface area (Å²) in [4.78, 5) is 19.3. The fraction of sp³-hybridized carbons (Fsp3) is 0.375. The van der Waals surface area contributed by atoms with Crippen molar-refractivity contribution in [3.8, 4) is 11.1 Å². The maximum Gasteiger partial charge on any atom is 0.251 e. The van der Waals surface area contributed by atoms with E-state index in [2.05, 4.69) is 56.6 Å². The van der Waals surface area contributed by atoms with Crippen molar-refractivity contribution in [2.45, 2.75) is 44.6 Å². The smallest absolute Gasteiger partial charge is 0.251 e. The number of nitrogens with zero attached hydrogens (tertiary/aromatic N) is 3. The molecule has 1 aliphatic carbocycles. The Morgan fingerprint density at radius 1 is 1.17 bits per heavy atom. The molecular weight excluding hydrogens is 374 g/mol. The summed E-state index contributed by atoms with van der Waals surface area (Å²) in [5.41, 5.74) is 5.50. The number of aryl methyl sites for hydroxylation is 1. The molecule has 2 aromatic heterocycles. The van der Waals surface area contributed by atoms with Gasteiger partial charge in [0.15, 0.2) is 0 Å². The Morgan fingerprint density at radius 2 is 2.00 bits per heavy atom. The van der Waals surface area contributed by atoms with Gasteiger partial charge in [0, 0.05) is 48.1 Å². The van der Waals surface area contributed by atoms with Crippen LogP contribution in [0.1, 0.15) is 53.2 Å². The van der Waals surface area contributed by atoms with E-state index in [0.29, 0.717) is 17.5 Å². The number of carbonyl (C=O) groups excluding carboxylic acids is 1. The van der Waals surface area contributed by atoms with E-state index in [-0.39, 0.29) is 5.91 Å². The molecular formula is C24H27N5O. The van der Waals surface area contributed by atoms with Crippen LogP contribution in [-0.2, 0) is 0 Å². The molecule has 0 radical (unpaired) electrons. The molecule has 0 unspecified atom stereocenters. The van der Waals surface area contributed by atoms with Gasteiger partial charge in [0.05, 0.1) is 6.20 Å². The number of benzene rings is 1. The summed E-state index contributed by atoms with van der Waals surface area (Å²) in [6.45, 7) is 3.91. The van der Waals surface area contributed by atoms with Gasteiger partial charge in [-0.05, 0) is 50.3 Å². The van der Waals surface area contributed by atoms with Crippen LogP contribution in [0.4, 0.5) is 5.82 Å². The highest BCUT2D eigenvalue weighted by molar-refractivity contribution is 5.95. The van der Waals surface area contributed by atoms with Crippen molar-refractivity contribution in [1.29, 1.82) is 0 Å². The molecule has 5 rings (SSSR count). The van der Waals surface area contributed by atoms with Crippen LogP contribution in [0.15, 0.2) is 48.8 Å². The molecule has 0 spiro atoms. The Morgan fingerprint density at radius 3 is 2.80 bits per heavy atom. The third-order valence-corrected chi connectivity index (χ3v) is 6.11. The number of piperidine rings is 1. The summed E-state index contributed by atoms with van der Waals surface area (Å²) in [7, 11) is 0.